The summed E-state index contributed by atoms with van der Waals surface area (Å²) < 4.78 is 1.04. The molecule has 0 aliphatic rings. The average molecular weight is 326 g/mol. The Kier molecular flexibility index (Phi) is 4.44. The molecule has 1 N–H and O–H groups in total. The third kappa shape index (κ3) is 3.35. The van der Waals surface area contributed by atoms with Gasteiger partial charge in [0.15, 0.2) is 0 Å². The van der Waals surface area contributed by atoms with Gasteiger partial charge in [-0.3, -0.25) is 0 Å². The van der Waals surface area contributed by atoms with E-state index in [0.29, 0.717) is 11.4 Å². The van der Waals surface area contributed by atoms with Crippen molar-refractivity contribution in [3.05, 3.63) is 68.7 Å². The zero-order valence-corrected chi connectivity index (χ0v) is 12.4. The number of aliphatic hydroxyl groups is 1. The van der Waals surface area contributed by atoms with Crippen molar-refractivity contribution in [1.82, 2.24) is 0 Å². The van der Waals surface area contributed by atoms with Gasteiger partial charge in [-0.2, -0.15) is 0 Å². The van der Waals surface area contributed by atoms with E-state index in [1.54, 1.807) is 0 Å². The van der Waals surface area contributed by atoms with Crippen LogP contribution in [0.3, 0.4) is 0 Å². The molecule has 0 saturated carbocycles. The van der Waals surface area contributed by atoms with E-state index in [2.05, 4.69) is 15.9 Å². The molecular formula is C15H14BrClO. The smallest absolute Gasteiger partial charge is 0.0833 e. The van der Waals surface area contributed by atoms with E-state index < -0.39 is 6.10 Å². The molecule has 0 spiro atoms. The first-order valence-corrected chi connectivity index (χ1v) is 6.92. The molecule has 2 rings (SSSR count). The van der Waals surface area contributed by atoms with Crippen molar-refractivity contribution in [1.29, 1.82) is 0 Å². The van der Waals surface area contributed by atoms with Crippen LogP contribution in [0, 0.1) is 6.92 Å². The van der Waals surface area contributed by atoms with Gasteiger partial charge in [-0.15, -0.1) is 0 Å². The minimum atomic E-state index is -0.523. The maximum Gasteiger partial charge on any atom is 0.0833 e. The molecule has 0 saturated heterocycles. The largest absolute Gasteiger partial charge is 0.388 e. The molecule has 1 atom stereocenters. The second-order valence-corrected chi connectivity index (χ2v) is 5.70. The predicted molar refractivity (Wildman–Crippen MR) is 79.0 cm³/mol. The fourth-order valence-corrected chi connectivity index (χ4v) is 2.37. The van der Waals surface area contributed by atoms with Crippen LogP contribution in [0.2, 0.25) is 5.02 Å². The molecule has 18 heavy (non-hydrogen) atoms. The van der Waals surface area contributed by atoms with Gasteiger partial charge >= 0.3 is 0 Å². The van der Waals surface area contributed by atoms with E-state index in [9.17, 15) is 5.11 Å². The van der Waals surface area contributed by atoms with Crippen molar-refractivity contribution >= 4 is 27.5 Å². The van der Waals surface area contributed by atoms with Gasteiger partial charge in [-0.1, -0.05) is 45.7 Å². The molecule has 0 amide bonds. The zero-order chi connectivity index (χ0) is 13.1. The first-order valence-electron chi connectivity index (χ1n) is 5.75. The SMILES string of the molecule is Cc1ccc(Cl)cc1C(O)Cc1ccc(Br)cc1. The normalized spacial score (nSPS) is 12.4. The summed E-state index contributed by atoms with van der Waals surface area (Å²) in [6, 6.07) is 13.6. The molecule has 0 radical (unpaired) electrons. The topological polar surface area (TPSA) is 20.2 Å². The highest BCUT2D eigenvalue weighted by molar-refractivity contribution is 9.10. The van der Waals surface area contributed by atoms with Gasteiger partial charge in [-0.25, -0.2) is 0 Å². The quantitative estimate of drug-likeness (QED) is 0.868. The lowest BCUT2D eigenvalue weighted by Gasteiger charge is -2.14. The minimum absolute atomic E-state index is 0.523. The molecule has 0 bridgehead atoms. The number of rotatable bonds is 3. The molecule has 0 aromatic heterocycles. The van der Waals surface area contributed by atoms with Gasteiger partial charge < -0.3 is 5.11 Å². The summed E-state index contributed by atoms with van der Waals surface area (Å²) in [6.45, 7) is 1.98. The number of aliphatic hydroxyl groups excluding tert-OH is 1. The summed E-state index contributed by atoms with van der Waals surface area (Å²) in [5.74, 6) is 0. The Bertz CT molecular complexity index is 537. The van der Waals surface area contributed by atoms with Gasteiger partial charge in [0, 0.05) is 15.9 Å². The van der Waals surface area contributed by atoms with Crippen LogP contribution in [-0.4, -0.2) is 5.11 Å². The maximum atomic E-state index is 10.3. The van der Waals surface area contributed by atoms with Crippen molar-refractivity contribution in [2.45, 2.75) is 19.4 Å². The Hall–Kier alpha value is -0.830. The molecule has 0 aliphatic heterocycles. The number of hydrogen-bond donors (Lipinski definition) is 1. The third-order valence-corrected chi connectivity index (χ3v) is 3.71. The Morgan fingerprint density at radius 3 is 2.50 bits per heavy atom. The minimum Gasteiger partial charge on any atom is -0.388 e. The molecular weight excluding hydrogens is 312 g/mol. The second-order valence-electron chi connectivity index (χ2n) is 4.35. The molecule has 1 nitrogen and oxygen atoms in total. The molecule has 1 unspecified atom stereocenters. The average Bonchev–Trinajstić information content (AvgIpc) is 2.35. The number of benzene rings is 2. The fourth-order valence-electron chi connectivity index (χ4n) is 1.92. The molecule has 2 aromatic rings. The molecule has 0 heterocycles. The van der Waals surface area contributed by atoms with Crippen LogP contribution in [-0.2, 0) is 6.42 Å². The van der Waals surface area contributed by atoms with Crippen LogP contribution in [0.1, 0.15) is 22.8 Å². The van der Waals surface area contributed by atoms with Crippen molar-refractivity contribution in [3.63, 3.8) is 0 Å². The summed E-state index contributed by atoms with van der Waals surface area (Å²) in [5, 5.41) is 10.9. The molecule has 0 aliphatic carbocycles. The predicted octanol–water partition coefficient (Wildman–Crippen LogP) is 4.69. The Morgan fingerprint density at radius 1 is 1.17 bits per heavy atom. The molecule has 0 fully saturated rings. The monoisotopic (exact) mass is 324 g/mol. The van der Waals surface area contributed by atoms with Gasteiger partial charge in [0.05, 0.1) is 6.10 Å². The second kappa shape index (κ2) is 5.87. The molecule has 3 heteroatoms. The van der Waals surface area contributed by atoms with E-state index in [1.165, 1.54) is 0 Å². The fraction of sp³-hybridized carbons (Fsp3) is 0.200. The Morgan fingerprint density at radius 2 is 1.83 bits per heavy atom. The van der Waals surface area contributed by atoms with Crippen LogP contribution >= 0.6 is 27.5 Å². The van der Waals surface area contributed by atoms with Crippen molar-refractivity contribution in [2.75, 3.05) is 0 Å². The first-order chi connectivity index (χ1) is 8.56. The van der Waals surface area contributed by atoms with Crippen LogP contribution in [0.4, 0.5) is 0 Å². The highest BCUT2D eigenvalue weighted by Crippen LogP contribution is 2.25. The number of halogens is 2. The summed E-state index contributed by atoms with van der Waals surface area (Å²) in [5.41, 5.74) is 3.06. The third-order valence-electron chi connectivity index (χ3n) is 2.94. The van der Waals surface area contributed by atoms with Gasteiger partial charge in [0.25, 0.3) is 0 Å². The standard InChI is InChI=1S/C15H14BrClO/c1-10-2-7-13(17)9-14(10)15(18)8-11-3-5-12(16)6-4-11/h2-7,9,15,18H,8H2,1H3. The van der Waals surface area contributed by atoms with E-state index in [0.717, 1.165) is 21.2 Å². The number of aryl methyl sites for hydroxylation is 1. The Labute approximate surface area is 121 Å². The summed E-state index contributed by atoms with van der Waals surface area (Å²) in [6.07, 6.45) is 0.0685. The van der Waals surface area contributed by atoms with Crippen LogP contribution in [0.15, 0.2) is 46.9 Å². The highest BCUT2D eigenvalue weighted by Gasteiger charge is 2.11. The lowest BCUT2D eigenvalue weighted by Crippen LogP contribution is -2.03. The summed E-state index contributed by atoms with van der Waals surface area (Å²) in [7, 11) is 0. The van der Waals surface area contributed by atoms with E-state index in [4.69, 9.17) is 11.6 Å². The van der Waals surface area contributed by atoms with Gasteiger partial charge in [0.1, 0.15) is 0 Å². The Balaban J connectivity index is 2.18. The zero-order valence-electron chi connectivity index (χ0n) is 10.0. The van der Waals surface area contributed by atoms with Gasteiger partial charge in [0.2, 0.25) is 0 Å². The van der Waals surface area contributed by atoms with Crippen molar-refractivity contribution < 1.29 is 5.11 Å². The first kappa shape index (κ1) is 13.6. The lowest BCUT2D eigenvalue weighted by atomic mass is 9.98. The van der Waals surface area contributed by atoms with E-state index in [1.807, 2.05) is 49.4 Å². The van der Waals surface area contributed by atoms with E-state index >= 15 is 0 Å². The highest BCUT2D eigenvalue weighted by atomic mass is 79.9. The maximum absolute atomic E-state index is 10.3. The van der Waals surface area contributed by atoms with Crippen LogP contribution < -0.4 is 0 Å². The molecule has 94 valence electrons. The van der Waals surface area contributed by atoms with Crippen molar-refractivity contribution in [3.8, 4) is 0 Å². The van der Waals surface area contributed by atoms with Crippen molar-refractivity contribution in [2.24, 2.45) is 0 Å². The van der Waals surface area contributed by atoms with Gasteiger partial charge in [-0.05, 0) is 47.9 Å². The molecule has 2 aromatic carbocycles. The van der Waals surface area contributed by atoms with Crippen LogP contribution in [0.25, 0.3) is 0 Å². The summed E-state index contributed by atoms with van der Waals surface area (Å²) >= 11 is 9.37. The lowest BCUT2D eigenvalue weighted by molar-refractivity contribution is 0.177. The van der Waals surface area contributed by atoms with Crippen LogP contribution in [0.5, 0.6) is 0 Å². The van der Waals surface area contributed by atoms with E-state index in [-0.39, 0.29) is 0 Å². The summed E-state index contributed by atoms with van der Waals surface area (Å²) in [4.78, 5) is 0. The number of hydrogen-bond acceptors (Lipinski definition) is 1.